The van der Waals surface area contributed by atoms with Crippen LogP contribution in [0.2, 0.25) is 0 Å². The second-order valence-electron chi connectivity index (χ2n) is 3.85. The van der Waals surface area contributed by atoms with Crippen LogP contribution in [-0.4, -0.2) is 23.8 Å². The predicted octanol–water partition coefficient (Wildman–Crippen LogP) is 1.78. The Balaban J connectivity index is 3.45. The molecule has 0 saturated carbocycles. The van der Waals surface area contributed by atoms with E-state index in [0.717, 1.165) is 19.4 Å². The van der Waals surface area contributed by atoms with Gasteiger partial charge in [0.05, 0.1) is 6.10 Å². The molecule has 0 aromatic carbocycles. The van der Waals surface area contributed by atoms with E-state index in [-0.39, 0.29) is 6.10 Å². The molecule has 0 bridgehead atoms. The average Bonchev–Trinajstić information content (AvgIpc) is 1.96. The van der Waals surface area contributed by atoms with Gasteiger partial charge >= 0.3 is 0 Å². The molecule has 0 saturated heterocycles. The van der Waals surface area contributed by atoms with Gasteiger partial charge in [-0.25, -0.2) is 0 Å². The van der Waals surface area contributed by atoms with Crippen molar-refractivity contribution >= 4 is 0 Å². The summed E-state index contributed by atoms with van der Waals surface area (Å²) in [6, 6.07) is 0.601. The first-order chi connectivity index (χ1) is 5.57. The quantitative estimate of drug-likeness (QED) is 0.641. The Morgan fingerprint density at radius 2 is 1.83 bits per heavy atom. The maximum Gasteiger partial charge on any atom is 0.0524 e. The highest BCUT2D eigenvalue weighted by molar-refractivity contribution is 4.68. The van der Waals surface area contributed by atoms with Crippen LogP contribution in [0.1, 0.15) is 40.5 Å². The third-order valence-corrected chi connectivity index (χ3v) is 2.21. The van der Waals surface area contributed by atoms with Gasteiger partial charge in [0.25, 0.3) is 0 Å². The lowest BCUT2D eigenvalue weighted by molar-refractivity contribution is 0.180. The fourth-order valence-electron chi connectivity index (χ4n) is 1.33. The Hall–Kier alpha value is -0.0800. The van der Waals surface area contributed by atoms with Gasteiger partial charge < -0.3 is 10.4 Å². The van der Waals surface area contributed by atoms with Crippen molar-refractivity contribution in [3.8, 4) is 0 Å². The zero-order chi connectivity index (χ0) is 9.56. The van der Waals surface area contributed by atoms with Crippen molar-refractivity contribution in [3.63, 3.8) is 0 Å². The van der Waals surface area contributed by atoms with Gasteiger partial charge in [-0.15, -0.1) is 0 Å². The lowest BCUT2D eigenvalue weighted by Crippen LogP contribution is -2.34. The van der Waals surface area contributed by atoms with E-state index in [9.17, 15) is 0 Å². The second-order valence-corrected chi connectivity index (χ2v) is 3.85. The molecule has 2 heteroatoms. The topological polar surface area (TPSA) is 32.3 Å². The van der Waals surface area contributed by atoms with Gasteiger partial charge in [0, 0.05) is 6.04 Å². The number of hydrogen-bond donors (Lipinski definition) is 2. The first-order valence-corrected chi connectivity index (χ1v) is 4.99. The molecule has 0 heterocycles. The molecule has 0 radical (unpaired) electrons. The monoisotopic (exact) mass is 173 g/mol. The Bertz CT molecular complexity index is 102. The molecule has 0 fully saturated rings. The van der Waals surface area contributed by atoms with Crippen molar-refractivity contribution in [2.75, 3.05) is 6.54 Å². The smallest absolute Gasteiger partial charge is 0.0524 e. The summed E-state index contributed by atoms with van der Waals surface area (Å²) in [6.07, 6.45) is 1.84. The summed E-state index contributed by atoms with van der Waals surface area (Å²) < 4.78 is 0. The third-order valence-electron chi connectivity index (χ3n) is 2.21. The highest BCUT2D eigenvalue weighted by Gasteiger charge is 2.09. The van der Waals surface area contributed by atoms with E-state index in [4.69, 9.17) is 5.11 Å². The Labute approximate surface area is 76.4 Å². The van der Waals surface area contributed by atoms with Gasteiger partial charge in [0.2, 0.25) is 0 Å². The van der Waals surface area contributed by atoms with E-state index in [1.807, 2.05) is 6.92 Å². The van der Waals surface area contributed by atoms with Crippen LogP contribution in [0.15, 0.2) is 0 Å². The summed E-state index contributed by atoms with van der Waals surface area (Å²) in [5, 5.41) is 12.5. The molecule has 0 amide bonds. The fourth-order valence-corrected chi connectivity index (χ4v) is 1.33. The third kappa shape index (κ3) is 5.56. The maximum absolute atomic E-state index is 9.04. The maximum atomic E-state index is 9.04. The lowest BCUT2D eigenvalue weighted by Gasteiger charge is -2.20. The molecule has 0 aliphatic heterocycles. The van der Waals surface area contributed by atoms with Crippen molar-refractivity contribution in [2.24, 2.45) is 5.92 Å². The Kier molecular flexibility index (Phi) is 6.39. The van der Waals surface area contributed by atoms with Gasteiger partial charge in [-0.1, -0.05) is 20.8 Å². The molecule has 0 aromatic rings. The fraction of sp³-hybridized carbons (Fsp3) is 1.00. The zero-order valence-corrected chi connectivity index (χ0v) is 8.80. The molecule has 0 aromatic heterocycles. The van der Waals surface area contributed by atoms with Crippen LogP contribution in [0.5, 0.6) is 0 Å². The minimum atomic E-state index is -0.179. The minimum absolute atomic E-state index is 0.179. The molecule has 0 unspecified atom stereocenters. The zero-order valence-electron chi connectivity index (χ0n) is 8.80. The van der Waals surface area contributed by atoms with Crippen molar-refractivity contribution in [2.45, 2.75) is 52.7 Å². The summed E-state index contributed by atoms with van der Waals surface area (Å²) in [6.45, 7) is 9.40. The molecule has 2 atom stereocenters. The molecule has 0 aliphatic rings. The van der Waals surface area contributed by atoms with E-state index in [2.05, 4.69) is 26.1 Å². The lowest BCUT2D eigenvalue weighted by atomic mass is 10.0. The molecule has 0 spiro atoms. The standard InChI is InChI=1S/C10H23NO/c1-5-10(8(2)3)11-7-6-9(4)12/h8-12H,5-7H2,1-4H3/t9-,10+/m0/s1. The van der Waals surface area contributed by atoms with Gasteiger partial charge in [-0.05, 0) is 32.2 Å². The normalized spacial score (nSPS) is 16.5. The van der Waals surface area contributed by atoms with Gasteiger partial charge in [0.1, 0.15) is 0 Å². The number of nitrogens with one attached hydrogen (secondary N) is 1. The van der Waals surface area contributed by atoms with E-state index in [0.29, 0.717) is 12.0 Å². The highest BCUT2D eigenvalue weighted by atomic mass is 16.3. The minimum Gasteiger partial charge on any atom is -0.393 e. The van der Waals surface area contributed by atoms with Gasteiger partial charge in [0.15, 0.2) is 0 Å². The van der Waals surface area contributed by atoms with Gasteiger partial charge in [-0.2, -0.15) is 0 Å². The molecule has 12 heavy (non-hydrogen) atoms. The summed E-state index contributed by atoms with van der Waals surface area (Å²) in [7, 11) is 0. The SMILES string of the molecule is CC[C@@H](NCC[C@H](C)O)C(C)C. The van der Waals surface area contributed by atoms with Crippen molar-refractivity contribution in [1.29, 1.82) is 0 Å². The van der Waals surface area contributed by atoms with E-state index < -0.39 is 0 Å². The molecule has 0 aliphatic carbocycles. The number of rotatable bonds is 6. The molecular formula is C10H23NO. The molecule has 74 valence electrons. The van der Waals surface area contributed by atoms with Crippen LogP contribution >= 0.6 is 0 Å². The van der Waals surface area contributed by atoms with Crippen LogP contribution in [0, 0.1) is 5.92 Å². The number of hydrogen-bond acceptors (Lipinski definition) is 2. The van der Waals surface area contributed by atoms with Crippen LogP contribution in [0.4, 0.5) is 0 Å². The first kappa shape index (κ1) is 11.9. The van der Waals surface area contributed by atoms with Crippen molar-refractivity contribution in [1.82, 2.24) is 5.32 Å². The van der Waals surface area contributed by atoms with Crippen LogP contribution in [-0.2, 0) is 0 Å². The first-order valence-electron chi connectivity index (χ1n) is 4.99. The highest BCUT2D eigenvalue weighted by Crippen LogP contribution is 2.05. The molecule has 2 nitrogen and oxygen atoms in total. The molecular weight excluding hydrogens is 150 g/mol. The molecule has 0 rings (SSSR count). The summed E-state index contributed by atoms with van der Waals surface area (Å²) >= 11 is 0. The summed E-state index contributed by atoms with van der Waals surface area (Å²) in [5.41, 5.74) is 0. The van der Waals surface area contributed by atoms with Crippen LogP contribution in [0.25, 0.3) is 0 Å². The van der Waals surface area contributed by atoms with Crippen LogP contribution < -0.4 is 5.32 Å². The summed E-state index contributed by atoms with van der Waals surface area (Å²) in [5.74, 6) is 0.684. The summed E-state index contributed by atoms with van der Waals surface area (Å²) in [4.78, 5) is 0. The van der Waals surface area contributed by atoms with E-state index >= 15 is 0 Å². The Morgan fingerprint density at radius 1 is 1.25 bits per heavy atom. The van der Waals surface area contributed by atoms with Crippen molar-refractivity contribution < 1.29 is 5.11 Å². The van der Waals surface area contributed by atoms with Crippen molar-refractivity contribution in [3.05, 3.63) is 0 Å². The predicted molar refractivity (Wildman–Crippen MR) is 53.2 cm³/mol. The van der Waals surface area contributed by atoms with Crippen LogP contribution in [0.3, 0.4) is 0 Å². The largest absolute Gasteiger partial charge is 0.393 e. The number of aliphatic hydroxyl groups is 1. The average molecular weight is 173 g/mol. The van der Waals surface area contributed by atoms with E-state index in [1.54, 1.807) is 0 Å². The Morgan fingerprint density at radius 3 is 2.17 bits per heavy atom. The number of aliphatic hydroxyl groups excluding tert-OH is 1. The van der Waals surface area contributed by atoms with E-state index in [1.165, 1.54) is 0 Å². The molecule has 2 N–H and O–H groups in total. The van der Waals surface area contributed by atoms with Gasteiger partial charge in [-0.3, -0.25) is 0 Å². The second kappa shape index (κ2) is 6.44.